The molecule has 0 unspecified atom stereocenters. The van der Waals surface area contributed by atoms with E-state index < -0.39 is 10.0 Å². The Bertz CT molecular complexity index is 1200. The fourth-order valence-corrected chi connectivity index (χ4v) is 4.55. The van der Waals surface area contributed by atoms with Crippen molar-refractivity contribution in [3.63, 3.8) is 0 Å². The van der Waals surface area contributed by atoms with Gasteiger partial charge in [-0.25, -0.2) is 8.42 Å². The van der Waals surface area contributed by atoms with Crippen LogP contribution in [0, 0.1) is 20.8 Å². The van der Waals surface area contributed by atoms with E-state index in [1.807, 2.05) is 6.92 Å². The summed E-state index contributed by atoms with van der Waals surface area (Å²) in [5, 5.41) is 3.90. The van der Waals surface area contributed by atoms with Crippen LogP contribution in [0.5, 0.6) is 5.75 Å². The van der Waals surface area contributed by atoms with Gasteiger partial charge in [-0.15, -0.1) is 0 Å². The molecule has 164 valence electrons. The average molecular weight is 444 g/mol. The van der Waals surface area contributed by atoms with Gasteiger partial charge in [-0.05, 0) is 50.6 Å². The molecule has 1 heterocycles. The van der Waals surface area contributed by atoms with Crippen molar-refractivity contribution in [1.82, 2.24) is 10.1 Å². The number of aromatic nitrogens is 1. The van der Waals surface area contributed by atoms with Crippen molar-refractivity contribution in [2.24, 2.45) is 0 Å². The number of rotatable bonds is 7. The molecular weight excluding hydrogens is 418 g/mol. The van der Waals surface area contributed by atoms with Crippen molar-refractivity contribution < 1.29 is 22.5 Å². The van der Waals surface area contributed by atoms with Crippen molar-refractivity contribution in [2.75, 3.05) is 18.9 Å². The molecule has 1 aromatic heterocycles. The molecule has 0 saturated carbocycles. The Morgan fingerprint density at radius 2 is 1.87 bits per heavy atom. The molecule has 0 atom stereocenters. The Labute approximate surface area is 181 Å². The van der Waals surface area contributed by atoms with Crippen LogP contribution in [0.1, 0.15) is 32.9 Å². The maximum Gasteiger partial charge on any atom is 0.262 e. The third-order valence-electron chi connectivity index (χ3n) is 5.00. The normalized spacial score (nSPS) is 11.3. The van der Waals surface area contributed by atoms with Crippen LogP contribution in [0.3, 0.4) is 0 Å². The van der Waals surface area contributed by atoms with Gasteiger partial charge in [0.25, 0.3) is 15.9 Å². The Morgan fingerprint density at radius 1 is 1.16 bits per heavy atom. The largest absolute Gasteiger partial charge is 0.495 e. The Kier molecular flexibility index (Phi) is 6.35. The van der Waals surface area contributed by atoms with Crippen LogP contribution in [-0.2, 0) is 16.6 Å². The summed E-state index contributed by atoms with van der Waals surface area (Å²) in [6.45, 7) is 5.58. The summed E-state index contributed by atoms with van der Waals surface area (Å²) >= 11 is 0. The molecule has 0 spiro atoms. The number of amides is 1. The molecule has 2 aromatic carbocycles. The van der Waals surface area contributed by atoms with Crippen LogP contribution in [0.4, 0.5) is 5.69 Å². The van der Waals surface area contributed by atoms with Gasteiger partial charge in [0.1, 0.15) is 11.5 Å². The second-order valence-electron chi connectivity index (χ2n) is 7.25. The van der Waals surface area contributed by atoms with Gasteiger partial charge in [0.2, 0.25) is 0 Å². The quantitative estimate of drug-likeness (QED) is 0.598. The predicted octanol–water partition coefficient (Wildman–Crippen LogP) is 3.68. The first-order chi connectivity index (χ1) is 14.6. The lowest BCUT2D eigenvalue weighted by molar-refractivity contribution is 0.0784. The zero-order valence-electron chi connectivity index (χ0n) is 18.1. The van der Waals surface area contributed by atoms with Crippen molar-refractivity contribution in [1.29, 1.82) is 0 Å². The summed E-state index contributed by atoms with van der Waals surface area (Å²) in [6.07, 6.45) is 0. The van der Waals surface area contributed by atoms with Crippen LogP contribution in [-0.4, -0.2) is 38.5 Å². The van der Waals surface area contributed by atoms with Crippen molar-refractivity contribution in [3.8, 4) is 5.75 Å². The highest BCUT2D eigenvalue weighted by Gasteiger charge is 2.23. The number of anilines is 1. The van der Waals surface area contributed by atoms with E-state index in [9.17, 15) is 13.2 Å². The Morgan fingerprint density at radius 3 is 2.52 bits per heavy atom. The maximum absolute atomic E-state index is 13.1. The number of carbonyl (C=O) groups excluding carboxylic acids is 1. The first kappa shape index (κ1) is 22.4. The van der Waals surface area contributed by atoms with Gasteiger partial charge in [-0.2, -0.15) is 0 Å². The van der Waals surface area contributed by atoms with E-state index in [2.05, 4.69) is 9.88 Å². The number of para-hydroxylation sites is 2. The molecule has 0 radical (unpaired) electrons. The van der Waals surface area contributed by atoms with Gasteiger partial charge in [-0.3, -0.25) is 9.52 Å². The Hall–Kier alpha value is -3.33. The molecule has 1 amide bonds. The summed E-state index contributed by atoms with van der Waals surface area (Å²) in [4.78, 5) is 14.5. The summed E-state index contributed by atoms with van der Waals surface area (Å²) in [6, 6.07) is 11.3. The van der Waals surface area contributed by atoms with E-state index >= 15 is 0 Å². The van der Waals surface area contributed by atoms with Gasteiger partial charge < -0.3 is 14.2 Å². The highest BCUT2D eigenvalue weighted by Crippen LogP contribution is 2.28. The van der Waals surface area contributed by atoms with Crippen molar-refractivity contribution >= 4 is 21.6 Å². The smallest absolute Gasteiger partial charge is 0.262 e. The predicted molar refractivity (Wildman–Crippen MR) is 117 cm³/mol. The van der Waals surface area contributed by atoms with E-state index in [1.54, 1.807) is 57.3 Å². The number of sulfonamides is 1. The molecule has 0 aliphatic carbocycles. The second kappa shape index (κ2) is 8.81. The van der Waals surface area contributed by atoms with Gasteiger partial charge >= 0.3 is 0 Å². The Balaban J connectivity index is 1.89. The molecule has 1 N–H and O–H groups in total. The number of methoxy groups -OCH3 is 1. The minimum Gasteiger partial charge on any atom is -0.495 e. The highest BCUT2D eigenvalue weighted by molar-refractivity contribution is 7.92. The second-order valence-corrected chi connectivity index (χ2v) is 8.90. The van der Waals surface area contributed by atoms with Crippen LogP contribution in [0.15, 0.2) is 51.9 Å². The number of nitrogens with one attached hydrogen (secondary N) is 1. The van der Waals surface area contributed by atoms with E-state index in [0.29, 0.717) is 35.0 Å². The molecule has 9 heteroatoms. The molecule has 8 nitrogen and oxygen atoms in total. The average Bonchev–Trinajstić information content (AvgIpc) is 3.05. The summed E-state index contributed by atoms with van der Waals surface area (Å²) < 4.78 is 39.1. The lowest BCUT2D eigenvalue weighted by Crippen LogP contribution is -2.27. The minimum atomic E-state index is -3.95. The number of ether oxygens (including phenoxy) is 1. The topological polar surface area (TPSA) is 102 Å². The van der Waals surface area contributed by atoms with Crippen LogP contribution >= 0.6 is 0 Å². The SMILES string of the molecule is COc1ccccc1NS(=O)(=O)c1cc(C(=O)N(C)Cc2c(C)noc2C)ccc1C. The third-order valence-corrected chi connectivity index (χ3v) is 6.51. The van der Waals surface area contributed by atoms with E-state index in [0.717, 1.165) is 5.56 Å². The number of hydrogen-bond acceptors (Lipinski definition) is 6. The summed E-state index contributed by atoms with van der Waals surface area (Å²) in [7, 11) is -0.835. The standard InChI is InChI=1S/C22H25N3O5S/c1-14-10-11-17(22(26)25(4)13-18-15(2)23-30-16(18)3)12-21(14)31(27,28)24-19-8-6-7-9-20(19)29-5/h6-12,24H,13H2,1-5H3. The van der Waals surface area contributed by atoms with Crippen molar-refractivity contribution in [3.05, 3.63) is 70.6 Å². The van der Waals surface area contributed by atoms with Crippen LogP contribution in [0.25, 0.3) is 0 Å². The fraction of sp³-hybridized carbons (Fsp3) is 0.273. The monoisotopic (exact) mass is 443 g/mol. The molecule has 0 fully saturated rings. The van der Waals surface area contributed by atoms with E-state index in [1.165, 1.54) is 18.1 Å². The molecular formula is C22H25N3O5S. The first-order valence-corrected chi connectivity index (χ1v) is 11.1. The van der Waals surface area contributed by atoms with E-state index in [4.69, 9.17) is 9.26 Å². The number of hydrogen-bond donors (Lipinski definition) is 1. The van der Waals surface area contributed by atoms with Crippen molar-refractivity contribution in [2.45, 2.75) is 32.2 Å². The zero-order chi connectivity index (χ0) is 22.8. The minimum absolute atomic E-state index is 0.0231. The number of aryl methyl sites for hydroxylation is 3. The summed E-state index contributed by atoms with van der Waals surface area (Å²) in [5.41, 5.74) is 2.64. The van der Waals surface area contributed by atoms with E-state index in [-0.39, 0.29) is 16.4 Å². The zero-order valence-corrected chi connectivity index (χ0v) is 18.9. The number of nitrogens with zero attached hydrogens (tertiary/aromatic N) is 2. The van der Waals surface area contributed by atoms with Gasteiger partial charge in [0.15, 0.2) is 0 Å². The molecule has 31 heavy (non-hydrogen) atoms. The summed E-state index contributed by atoms with van der Waals surface area (Å²) in [5.74, 6) is 0.731. The van der Waals surface area contributed by atoms with Crippen LogP contribution in [0.2, 0.25) is 0 Å². The molecule has 0 aliphatic heterocycles. The van der Waals surface area contributed by atoms with Gasteiger partial charge in [0.05, 0.1) is 29.9 Å². The fourth-order valence-electron chi connectivity index (χ4n) is 3.21. The number of carbonyl (C=O) groups is 1. The van der Waals surface area contributed by atoms with Gasteiger partial charge in [-0.1, -0.05) is 23.4 Å². The molecule has 3 rings (SSSR count). The molecule has 0 aliphatic rings. The molecule has 0 bridgehead atoms. The molecule has 0 saturated heterocycles. The third kappa shape index (κ3) is 4.72. The highest BCUT2D eigenvalue weighted by atomic mass is 32.2. The van der Waals surface area contributed by atoms with Crippen LogP contribution < -0.4 is 9.46 Å². The first-order valence-electron chi connectivity index (χ1n) is 9.57. The maximum atomic E-state index is 13.1. The van der Waals surface area contributed by atoms with Gasteiger partial charge in [0, 0.05) is 18.2 Å². The molecule has 3 aromatic rings. The lowest BCUT2D eigenvalue weighted by atomic mass is 10.1. The number of benzene rings is 2. The lowest BCUT2D eigenvalue weighted by Gasteiger charge is -2.18.